The van der Waals surface area contributed by atoms with Crippen LogP contribution in [-0.4, -0.2) is 16.1 Å². The van der Waals surface area contributed by atoms with Gasteiger partial charge >= 0.3 is 5.97 Å². The first-order valence-corrected chi connectivity index (χ1v) is 3.85. The molecule has 0 saturated heterocycles. The largest absolute Gasteiger partial charge is 0.481 e. The van der Waals surface area contributed by atoms with E-state index in [0.717, 1.165) is 4.88 Å². The summed E-state index contributed by atoms with van der Waals surface area (Å²) in [7, 11) is 0. The molecule has 0 aliphatic heterocycles. The summed E-state index contributed by atoms with van der Waals surface area (Å²) < 4.78 is 0. The highest BCUT2D eigenvalue weighted by Crippen LogP contribution is 2.18. The first-order chi connectivity index (χ1) is 5.09. The van der Waals surface area contributed by atoms with Gasteiger partial charge in [0, 0.05) is 4.88 Å². The molecule has 1 rings (SSSR count). The van der Waals surface area contributed by atoms with E-state index in [0.29, 0.717) is 10.8 Å². The fourth-order valence-corrected chi connectivity index (χ4v) is 1.46. The molecule has 1 heterocycles. The highest BCUT2D eigenvalue weighted by molar-refractivity contribution is 7.15. The molecule has 0 aliphatic rings. The number of nitrogens with two attached hydrogens (primary N) is 1. The Kier molecular flexibility index (Phi) is 2.09. The maximum Gasteiger partial charge on any atom is 0.309 e. The predicted molar refractivity (Wildman–Crippen MR) is 42.6 cm³/mol. The number of hydrogen-bond acceptors (Lipinski definition) is 4. The summed E-state index contributed by atoms with van der Waals surface area (Å²) in [6.07, 6.45) is -0.0421. The van der Waals surface area contributed by atoms with Gasteiger partial charge in [0.05, 0.1) is 12.1 Å². The lowest BCUT2D eigenvalue weighted by Crippen LogP contribution is -2.01. The number of carboxylic acid groups (broad SMARTS) is 1. The molecule has 0 saturated carbocycles. The molecule has 4 nitrogen and oxygen atoms in total. The Morgan fingerprint density at radius 1 is 1.82 bits per heavy atom. The van der Waals surface area contributed by atoms with Gasteiger partial charge in [0.2, 0.25) is 0 Å². The number of aliphatic carboxylic acids is 1. The summed E-state index contributed by atoms with van der Waals surface area (Å²) in [5.41, 5.74) is 5.94. The Hall–Kier alpha value is -1.10. The van der Waals surface area contributed by atoms with E-state index in [9.17, 15) is 4.79 Å². The minimum atomic E-state index is -0.876. The molecular weight excluding hydrogens is 164 g/mol. The van der Waals surface area contributed by atoms with Crippen molar-refractivity contribution >= 4 is 22.4 Å². The molecule has 0 aromatic carbocycles. The number of rotatable bonds is 2. The molecule has 60 valence electrons. The quantitative estimate of drug-likeness (QED) is 0.687. The van der Waals surface area contributed by atoms with Crippen molar-refractivity contribution < 1.29 is 9.90 Å². The molecule has 5 heteroatoms. The Bertz CT molecular complexity index is 282. The van der Waals surface area contributed by atoms with Crippen LogP contribution in [0.3, 0.4) is 0 Å². The van der Waals surface area contributed by atoms with Crippen LogP contribution in [0.1, 0.15) is 10.6 Å². The van der Waals surface area contributed by atoms with Crippen LogP contribution >= 0.6 is 11.3 Å². The summed E-state index contributed by atoms with van der Waals surface area (Å²) in [4.78, 5) is 15.0. The Morgan fingerprint density at radius 2 is 2.45 bits per heavy atom. The summed E-state index contributed by atoms with van der Waals surface area (Å²) in [5.74, 6) is -0.876. The molecule has 0 unspecified atom stereocenters. The SMILES string of the molecule is Cc1sc(N)nc1CC(=O)O. The van der Waals surface area contributed by atoms with E-state index in [1.807, 2.05) is 6.92 Å². The summed E-state index contributed by atoms with van der Waals surface area (Å²) in [6, 6.07) is 0. The number of carbonyl (C=O) groups is 1. The molecule has 0 atom stereocenters. The maximum absolute atomic E-state index is 10.3. The minimum Gasteiger partial charge on any atom is -0.481 e. The standard InChI is InChI=1S/C6H8N2O2S/c1-3-4(2-5(9)10)8-6(7)11-3/h2H2,1H3,(H2,7,8)(H,9,10). The molecule has 0 spiro atoms. The van der Waals surface area contributed by atoms with Gasteiger partial charge in [0.15, 0.2) is 5.13 Å². The number of hydrogen-bond donors (Lipinski definition) is 2. The number of aryl methyl sites for hydroxylation is 1. The smallest absolute Gasteiger partial charge is 0.309 e. The van der Waals surface area contributed by atoms with E-state index in [4.69, 9.17) is 10.8 Å². The Balaban J connectivity index is 2.85. The highest BCUT2D eigenvalue weighted by Gasteiger charge is 2.08. The van der Waals surface area contributed by atoms with Crippen molar-refractivity contribution in [1.29, 1.82) is 0 Å². The van der Waals surface area contributed by atoms with E-state index in [2.05, 4.69) is 4.98 Å². The molecule has 0 bridgehead atoms. The fourth-order valence-electron chi connectivity index (χ4n) is 0.758. The van der Waals surface area contributed by atoms with Gasteiger partial charge in [0.1, 0.15) is 0 Å². The average Bonchev–Trinajstić information content (AvgIpc) is 2.09. The summed E-state index contributed by atoms with van der Waals surface area (Å²) in [5, 5.41) is 8.85. The van der Waals surface area contributed by atoms with Crippen LogP contribution in [0.4, 0.5) is 5.13 Å². The zero-order valence-corrected chi connectivity index (χ0v) is 6.81. The van der Waals surface area contributed by atoms with Gasteiger partial charge in [0.25, 0.3) is 0 Å². The number of carboxylic acids is 1. The van der Waals surface area contributed by atoms with Gasteiger partial charge in [-0.05, 0) is 6.92 Å². The number of anilines is 1. The number of thiazole rings is 1. The third kappa shape index (κ3) is 1.91. The fraction of sp³-hybridized carbons (Fsp3) is 0.333. The normalized spacial score (nSPS) is 9.91. The van der Waals surface area contributed by atoms with Crippen LogP contribution < -0.4 is 5.73 Å². The zero-order chi connectivity index (χ0) is 8.43. The molecule has 11 heavy (non-hydrogen) atoms. The van der Waals surface area contributed by atoms with Crippen molar-refractivity contribution in [3.05, 3.63) is 10.6 Å². The van der Waals surface area contributed by atoms with Crippen LogP contribution in [0.5, 0.6) is 0 Å². The van der Waals surface area contributed by atoms with Crippen molar-refractivity contribution in [2.75, 3.05) is 5.73 Å². The lowest BCUT2D eigenvalue weighted by molar-refractivity contribution is -0.136. The first kappa shape index (κ1) is 8.00. The molecule has 1 aromatic rings. The second-order valence-electron chi connectivity index (χ2n) is 2.13. The van der Waals surface area contributed by atoms with Gasteiger partial charge < -0.3 is 10.8 Å². The summed E-state index contributed by atoms with van der Waals surface area (Å²) in [6.45, 7) is 1.81. The average molecular weight is 172 g/mol. The van der Waals surface area contributed by atoms with Crippen LogP contribution in [0.2, 0.25) is 0 Å². The monoisotopic (exact) mass is 172 g/mol. The Morgan fingerprint density at radius 3 is 2.82 bits per heavy atom. The number of nitrogen functional groups attached to an aromatic ring is 1. The third-order valence-electron chi connectivity index (χ3n) is 1.23. The second kappa shape index (κ2) is 2.87. The van der Waals surface area contributed by atoms with E-state index < -0.39 is 5.97 Å². The topological polar surface area (TPSA) is 76.2 Å². The first-order valence-electron chi connectivity index (χ1n) is 3.03. The van der Waals surface area contributed by atoms with Crippen LogP contribution in [-0.2, 0) is 11.2 Å². The Labute approximate surface area is 67.7 Å². The maximum atomic E-state index is 10.3. The van der Waals surface area contributed by atoms with E-state index in [1.54, 1.807) is 0 Å². The van der Waals surface area contributed by atoms with E-state index in [1.165, 1.54) is 11.3 Å². The van der Waals surface area contributed by atoms with Crippen LogP contribution in [0.25, 0.3) is 0 Å². The van der Waals surface area contributed by atoms with Gasteiger partial charge in [-0.25, -0.2) is 4.98 Å². The molecule has 0 radical (unpaired) electrons. The molecule has 0 fully saturated rings. The van der Waals surface area contributed by atoms with Gasteiger partial charge in [-0.1, -0.05) is 0 Å². The lowest BCUT2D eigenvalue weighted by Gasteiger charge is -1.89. The predicted octanol–water partition coefficient (Wildman–Crippen LogP) is 0.661. The van der Waals surface area contributed by atoms with Gasteiger partial charge in [-0.2, -0.15) is 0 Å². The molecule has 1 aromatic heterocycles. The van der Waals surface area contributed by atoms with E-state index >= 15 is 0 Å². The lowest BCUT2D eigenvalue weighted by atomic mass is 10.3. The highest BCUT2D eigenvalue weighted by atomic mass is 32.1. The molecular formula is C6H8N2O2S. The van der Waals surface area contributed by atoms with Crippen LogP contribution in [0, 0.1) is 6.92 Å². The third-order valence-corrected chi connectivity index (χ3v) is 2.07. The van der Waals surface area contributed by atoms with E-state index in [-0.39, 0.29) is 6.42 Å². The molecule has 0 aliphatic carbocycles. The van der Waals surface area contributed by atoms with Crippen molar-refractivity contribution in [1.82, 2.24) is 4.98 Å². The summed E-state index contributed by atoms with van der Waals surface area (Å²) >= 11 is 1.31. The molecule has 3 N–H and O–H groups in total. The van der Waals surface area contributed by atoms with Gasteiger partial charge in [-0.3, -0.25) is 4.79 Å². The van der Waals surface area contributed by atoms with Gasteiger partial charge in [-0.15, -0.1) is 11.3 Å². The van der Waals surface area contributed by atoms with Crippen molar-refractivity contribution in [3.63, 3.8) is 0 Å². The van der Waals surface area contributed by atoms with Crippen molar-refractivity contribution in [3.8, 4) is 0 Å². The number of aromatic nitrogens is 1. The van der Waals surface area contributed by atoms with Crippen molar-refractivity contribution in [2.45, 2.75) is 13.3 Å². The molecule has 0 amide bonds. The zero-order valence-electron chi connectivity index (χ0n) is 6.00. The number of nitrogens with zero attached hydrogens (tertiary/aromatic N) is 1. The van der Waals surface area contributed by atoms with Crippen molar-refractivity contribution in [2.24, 2.45) is 0 Å². The minimum absolute atomic E-state index is 0.0421. The van der Waals surface area contributed by atoms with Crippen LogP contribution in [0.15, 0.2) is 0 Å². The second-order valence-corrected chi connectivity index (χ2v) is 3.36.